The van der Waals surface area contributed by atoms with Gasteiger partial charge in [-0.25, -0.2) is 4.79 Å². The Morgan fingerprint density at radius 2 is 1.96 bits per heavy atom. The first-order valence-electron chi connectivity index (χ1n) is 9.09. The molecule has 2 aromatic rings. The number of benzene rings is 2. The van der Waals surface area contributed by atoms with E-state index < -0.39 is 5.97 Å². The van der Waals surface area contributed by atoms with Crippen LogP contribution in [0.2, 0.25) is 0 Å². The van der Waals surface area contributed by atoms with Crippen molar-refractivity contribution in [3.05, 3.63) is 82.1 Å². The summed E-state index contributed by atoms with van der Waals surface area (Å²) in [4.78, 5) is 27.2. The number of methoxy groups -OCH3 is 1. The van der Waals surface area contributed by atoms with E-state index in [9.17, 15) is 9.59 Å². The zero-order valence-electron chi connectivity index (χ0n) is 16.2. The Bertz CT molecular complexity index is 1000. The van der Waals surface area contributed by atoms with Crippen molar-refractivity contribution in [1.29, 1.82) is 5.26 Å². The monoisotopic (exact) mass is 374 g/mol. The minimum atomic E-state index is -0.424. The number of nitriles is 1. The van der Waals surface area contributed by atoms with Gasteiger partial charge in [0, 0.05) is 18.0 Å². The number of carbonyl (C=O) groups excluding carboxylic acids is 2. The number of amides is 1. The fourth-order valence-corrected chi connectivity index (χ4v) is 3.67. The highest BCUT2D eigenvalue weighted by Gasteiger charge is 2.36. The zero-order chi connectivity index (χ0) is 20.3. The number of carbonyl (C=O) groups is 2. The summed E-state index contributed by atoms with van der Waals surface area (Å²) in [7, 11) is 1.35. The minimum absolute atomic E-state index is 0.0565. The normalized spacial score (nSPS) is 16.7. The van der Waals surface area contributed by atoms with Crippen LogP contribution in [0.25, 0.3) is 0 Å². The summed E-state index contributed by atoms with van der Waals surface area (Å²) in [5, 5.41) is 9.10. The van der Waals surface area contributed by atoms with E-state index >= 15 is 0 Å². The summed E-state index contributed by atoms with van der Waals surface area (Å²) in [6, 6.07) is 17.1. The molecule has 3 rings (SSSR count). The lowest BCUT2D eigenvalue weighted by molar-refractivity contribution is -0.138. The first-order chi connectivity index (χ1) is 13.4. The third kappa shape index (κ3) is 3.81. The van der Waals surface area contributed by atoms with Gasteiger partial charge in [0.2, 0.25) is 5.91 Å². The maximum Gasteiger partial charge on any atom is 0.336 e. The molecule has 2 aromatic carbocycles. The van der Waals surface area contributed by atoms with Crippen molar-refractivity contribution in [3.8, 4) is 6.07 Å². The number of rotatable bonds is 4. The van der Waals surface area contributed by atoms with Gasteiger partial charge < -0.3 is 9.64 Å². The van der Waals surface area contributed by atoms with Crippen LogP contribution in [-0.4, -0.2) is 23.9 Å². The molecule has 0 unspecified atom stereocenters. The summed E-state index contributed by atoms with van der Waals surface area (Å²) < 4.78 is 5.03. The number of esters is 1. The maximum atomic E-state index is 13.0. The Morgan fingerprint density at radius 1 is 1.21 bits per heavy atom. The minimum Gasteiger partial charge on any atom is -0.466 e. The van der Waals surface area contributed by atoms with Gasteiger partial charge >= 0.3 is 5.97 Å². The largest absolute Gasteiger partial charge is 0.466 e. The predicted molar refractivity (Wildman–Crippen MR) is 105 cm³/mol. The van der Waals surface area contributed by atoms with E-state index in [0.29, 0.717) is 23.4 Å². The second-order valence-corrected chi connectivity index (χ2v) is 6.95. The SMILES string of the molecule is COC(=O)C1=C(C)N(Cc2cccc(C#N)c2)C(=O)C[C@H]1c1cccc(C)c1. The van der Waals surface area contributed by atoms with E-state index in [1.54, 1.807) is 30.0 Å². The molecule has 0 saturated heterocycles. The van der Waals surface area contributed by atoms with Crippen molar-refractivity contribution < 1.29 is 14.3 Å². The lowest BCUT2D eigenvalue weighted by atomic mass is 9.83. The Morgan fingerprint density at radius 3 is 2.64 bits per heavy atom. The Balaban J connectivity index is 2.03. The first-order valence-corrected chi connectivity index (χ1v) is 9.09. The highest BCUT2D eigenvalue weighted by atomic mass is 16.5. The second kappa shape index (κ2) is 8.10. The van der Waals surface area contributed by atoms with Gasteiger partial charge in [0.25, 0.3) is 0 Å². The Hall–Kier alpha value is -3.39. The molecule has 0 saturated carbocycles. The van der Waals surface area contributed by atoms with Gasteiger partial charge in [-0.05, 0) is 37.1 Å². The number of ether oxygens (including phenoxy) is 1. The van der Waals surface area contributed by atoms with Crippen LogP contribution in [0.15, 0.2) is 59.8 Å². The molecular formula is C23H22N2O3. The number of hydrogen-bond acceptors (Lipinski definition) is 4. The van der Waals surface area contributed by atoms with Crippen LogP contribution >= 0.6 is 0 Å². The molecule has 0 spiro atoms. The van der Waals surface area contributed by atoms with Crippen LogP contribution in [0.1, 0.15) is 41.5 Å². The Kier molecular flexibility index (Phi) is 5.60. The number of hydrogen-bond donors (Lipinski definition) is 0. The van der Waals surface area contributed by atoms with Gasteiger partial charge in [-0.3, -0.25) is 4.79 Å². The van der Waals surface area contributed by atoms with Gasteiger partial charge in [-0.2, -0.15) is 5.26 Å². The topological polar surface area (TPSA) is 70.4 Å². The van der Waals surface area contributed by atoms with Gasteiger partial charge in [0.15, 0.2) is 0 Å². The van der Waals surface area contributed by atoms with Crippen molar-refractivity contribution >= 4 is 11.9 Å². The summed E-state index contributed by atoms with van der Waals surface area (Å²) in [5.74, 6) is -0.812. The molecule has 1 atom stereocenters. The first kappa shape index (κ1) is 19.4. The van der Waals surface area contributed by atoms with Crippen molar-refractivity contribution in [2.24, 2.45) is 0 Å². The van der Waals surface area contributed by atoms with E-state index in [4.69, 9.17) is 10.00 Å². The van der Waals surface area contributed by atoms with E-state index in [-0.39, 0.29) is 18.2 Å². The molecule has 1 heterocycles. The maximum absolute atomic E-state index is 13.0. The third-order valence-corrected chi connectivity index (χ3v) is 5.07. The van der Waals surface area contributed by atoms with E-state index in [0.717, 1.165) is 16.7 Å². The number of allylic oxidation sites excluding steroid dienone is 1. The third-order valence-electron chi connectivity index (χ3n) is 5.07. The van der Waals surface area contributed by atoms with Crippen molar-refractivity contribution in [2.45, 2.75) is 32.7 Å². The van der Waals surface area contributed by atoms with Gasteiger partial charge in [0.1, 0.15) is 0 Å². The van der Waals surface area contributed by atoms with Crippen LogP contribution < -0.4 is 0 Å². The lowest BCUT2D eigenvalue weighted by Gasteiger charge is -2.34. The van der Waals surface area contributed by atoms with Crippen molar-refractivity contribution in [1.82, 2.24) is 4.90 Å². The molecule has 5 nitrogen and oxygen atoms in total. The molecule has 1 amide bonds. The molecule has 0 aromatic heterocycles. The molecule has 0 fully saturated rings. The smallest absolute Gasteiger partial charge is 0.336 e. The zero-order valence-corrected chi connectivity index (χ0v) is 16.2. The quantitative estimate of drug-likeness (QED) is 0.763. The highest BCUT2D eigenvalue weighted by Crippen LogP contribution is 2.37. The molecule has 0 radical (unpaired) electrons. The molecule has 0 bridgehead atoms. The summed E-state index contributed by atoms with van der Waals surface area (Å²) in [5.41, 5.74) is 4.47. The summed E-state index contributed by atoms with van der Waals surface area (Å²) >= 11 is 0. The average Bonchev–Trinajstić information content (AvgIpc) is 2.70. The summed E-state index contributed by atoms with van der Waals surface area (Å²) in [6.07, 6.45) is 0.198. The van der Waals surface area contributed by atoms with Gasteiger partial charge in [-0.15, -0.1) is 0 Å². The molecule has 28 heavy (non-hydrogen) atoms. The van der Waals surface area contributed by atoms with Crippen molar-refractivity contribution in [3.63, 3.8) is 0 Å². The van der Waals surface area contributed by atoms with E-state index in [1.807, 2.05) is 37.3 Å². The number of aryl methyl sites for hydroxylation is 1. The van der Waals surface area contributed by atoms with Gasteiger partial charge in [0.05, 0.1) is 30.9 Å². The molecule has 1 aliphatic rings. The molecular weight excluding hydrogens is 352 g/mol. The van der Waals surface area contributed by atoms with Gasteiger partial charge in [-0.1, -0.05) is 42.0 Å². The fourth-order valence-electron chi connectivity index (χ4n) is 3.67. The second-order valence-electron chi connectivity index (χ2n) is 6.95. The summed E-state index contributed by atoms with van der Waals surface area (Å²) in [6.45, 7) is 4.07. The van der Waals surface area contributed by atoms with Crippen LogP contribution in [0, 0.1) is 18.3 Å². The molecule has 0 aliphatic carbocycles. The lowest BCUT2D eigenvalue weighted by Crippen LogP contribution is -2.38. The van der Waals surface area contributed by atoms with Crippen LogP contribution in [0.3, 0.4) is 0 Å². The van der Waals surface area contributed by atoms with E-state index in [1.165, 1.54) is 7.11 Å². The predicted octanol–water partition coefficient (Wildman–Crippen LogP) is 3.83. The molecule has 5 heteroatoms. The van der Waals surface area contributed by atoms with Crippen LogP contribution in [0.4, 0.5) is 0 Å². The van der Waals surface area contributed by atoms with E-state index in [2.05, 4.69) is 6.07 Å². The standard InChI is InChI=1S/C23H22N2O3/c1-15-6-4-9-19(10-15)20-12-21(26)25(16(2)22(20)23(27)28-3)14-18-8-5-7-17(11-18)13-24/h4-11,20H,12,14H2,1-3H3/t20-/m0/s1. The molecule has 1 aliphatic heterocycles. The number of nitrogens with zero attached hydrogens (tertiary/aromatic N) is 2. The average molecular weight is 374 g/mol. The van der Waals surface area contributed by atoms with Crippen molar-refractivity contribution in [2.75, 3.05) is 7.11 Å². The highest BCUT2D eigenvalue weighted by molar-refractivity contribution is 5.95. The van der Waals surface area contributed by atoms with Crippen LogP contribution in [-0.2, 0) is 20.9 Å². The molecule has 0 N–H and O–H groups in total. The Labute approximate surface area is 164 Å². The van der Waals surface area contributed by atoms with Crippen LogP contribution in [0.5, 0.6) is 0 Å². The molecule has 142 valence electrons. The fraction of sp³-hybridized carbons (Fsp3) is 0.261.